The molecule has 1 aromatic rings. The standard InChI is InChI=1S/C13H17IN2O2/c1-18-10-4-5-11(12(14)7-10)13(17)16-9-3-2-6-15-8-9/h4-5,7,9,15H,2-3,6,8H2,1H3,(H,16,17). The van der Waals surface area contributed by atoms with E-state index in [0.29, 0.717) is 5.56 Å². The molecule has 0 aromatic heterocycles. The van der Waals surface area contributed by atoms with Crippen LogP contribution in [0.5, 0.6) is 5.75 Å². The molecule has 5 heteroatoms. The van der Waals surface area contributed by atoms with Gasteiger partial charge in [0, 0.05) is 16.2 Å². The Kier molecular flexibility index (Phi) is 4.82. The van der Waals surface area contributed by atoms with Gasteiger partial charge in [0.25, 0.3) is 5.91 Å². The summed E-state index contributed by atoms with van der Waals surface area (Å²) in [4.78, 5) is 12.1. The maximum absolute atomic E-state index is 12.1. The molecule has 0 spiro atoms. The van der Waals surface area contributed by atoms with Crippen LogP contribution in [-0.2, 0) is 0 Å². The first-order valence-corrected chi connectivity index (χ1v) is 7.13. The van der Waals surface area contributed by atoms with Crippen molar-refractivity contribution >= 4 is 28.5 Å². The summed E-state index contributed by atoms with van der Waals surface area (Å²) < 4.78 is 6.04. The van der Waals surface area contributed by atoms with Gasteiger partial charge in [0.15, 0.2) is 0 Å². The molecular formula is C13H17IN2O2. The van der Waals surface area contributed by atoms with Crippen molar-refractivity contribution in [3.8, 4) is 5.75 Å². The highest BCUT2D eigenvalue weighted by atomic mass is 127. The Morgan fingerprint density at radius 2 is 2.39 bits per heavy atom. The molecule has 4 nitrogen and oxygen atoms in total. The summed E-state index contributed by atoms with van der Waals surface area (Å²) in [6, 6.07) is 5.74. The zero-order valence-corrected chi connectivity index (χ0v) is 12.5. The zero-order chi connectivity index (χ0) is 13.0. The van der Waals surface area contributed by atoms with E-state index in [-0.39, 0.29) is 11.9 Å². The number of rotatable bonds is 3. The second-order valence-electron chi connectivity index (χ2n) is 4.36. The van der Waals surface area contributed by atoms with Crippen LogP contribution >= 0.6 is 22.6 Å². The van der Waals surface area contributed by atoms with E-state index in [4.69, 9.17) is 4.74 Å². The summed E-state index contributed by atoms with van der Waals surface area (Å²) in [7, 11) is 1.62. The summed E-state index contributed by atoms with van der Waals surface area (Å²) in [5.41, 5.74) is 0.710. The lowest BCUT2D eigenvalue weighted by Gasteiger charge is -2.24. The van der Waals surface area contributed by atoms with Gasteiger partial charge in [0.2, 0.25) is 0 Å². The van der Waals surface area contributed by atoms with Gasteiger partial charge in [-0.3, -0.25) is 4.79 Å². The van der Waals surface area contributed by atoms with Gasteiger partial charge in [-0.2, -0.15) is 0 Å². The SMILES string of the molecule is COc1ccc(C(=O)NC2CCCNC2)c(I)c1. The molecule has 0 aliphatic carbocycles. The average Bonchev–Trinajstić information content (AvgIpc) is 2.39. The smallest absolute Gasteiger partial charge is 0.252 e. The monoisotopic (exact) mass is 360 g/mol. The fraction of sp³-hybridized carbons (Fsp3) is 0.462. The Bertz CT molecular complexity index is 431. The molecule has 1 atom stereocenters. The number of hydrogen-bond acceptors (Lipinski definition) is 3. The third kappa shape index (κ3) is 3.35. The van der Waals surface area contributed by atoms with Gasteiger partial charge >= 0.3 is 0 Å². The molecule has 18 heavy (non-hydrogen) atoms. The van der Waals surface area contributed by atoms with Gasteiger partial charge in [-0.25, -0.2) is 0 Å². The van der Waals surface area contributed by atoms with E-state index in [1.54, 1.807) is 7.11 Å². The molecule has 0 saturated carbocycles. The lowest BCUT2D eigenvalue weighted by molar-refractivity contribution is 0.0930. The second-order valence-corrected chi connectivity index (χ2v) is 5.52. The van der Waals surface area contributed by atoms with Crippen LogP contribution in [0.25, 0.3) is 0 Å². The molecule has 1 fully saturated rings. The Morgan fingerprint density at radius 1 is 1.56 bits per heavy atom. The van der Waals surface area contributed by atoms with Crippen LogP contribution in [0.15, 0.2) is 18.2 Å². The van der Waals surface area contributed by atoms with Gasteiger partial charge in [-0.15, -0.1) is 0 Å². The number of halogens is 1. The van der Waals surface area contributed by atoms with Crippen LogP contribution in [0.1, 0.15) is 23.2 Å². The molecule has 0 radical (unpaired) electrons. The van der Waals surface area contributed by atoms with E-state index in [1.165, 1.54) is 0 Å². The normalized spacial score (nSPS) is 19.3. The van der Waals surface area contributed by atoms with Gasteiger partial charge in [-0.05, 0) is 60.2 Å². The van der Waals surface area contributed by atoms with Gasteiger partial charge in [-0.1, -0.05) is 0 Å². The van der Waals surface area contributed by atoms with Crippen molar-refractivity contribution < 1.29 is 9.53 Å². The highest BCUT2D eigenvalue weighted by molar-refractivity contribution is 14.1. The van der Waals surface area contributed by atoms with Gasteiger partial charge in [0.05, 0.1) is 12.7 Å². The molecule has 0 bridgehead atoms. The first-order chi connectivity index (χ1) is 8.70. The quantitative estimate of drug-likeness (QED) is 0.809. The number of carbonyl (C=O) groups excluding carboxylic acids is 1. The molecule has 98 valence electrons. The predicted octanol–water partition coefficient (Wildman–Crippen LogP) is 1.78. The first kappa shape index (κ1) is 13.6. The number of ether oxygens (including phenoxy) is 1. The summed E-state index contributed by atoms with van der Waals surface area (Å²) in [5.74, 6) is 0.769. The Balaban J connectivity index is 2.03. The fourth-order valence-electron chi connectivity index (χ4n) is 2.05. The van der Waals surface area contributed by atoms with Crippen molar-refractivity contribution in [1.82, 2.24) is 10.6 Å². The van der Waals surface area contributed by atoms with Crippen LogP contribution in [0.3, 0.4) is 0 Å². The largest absolute Gasteiger partial charge is 0.497 e. The molecule has 1 heterocycles. The molecule has 1 amide bonds. The third-order valence-electron chi connectivity index (χ3n) is 3.05. The second kappa shape index (κ2) is 6.38. The number of hydrogen-bond donors (Lipinski definition) is 2. The summed E-state index contributed by atoms with van der Waals surface area (Å²) in [5, 5.41) is 6.35. The highest BCUT2D eigenvalue weighted by Crippen LogP contribution is 2.19. The van der Waals surface area contributed by atoms with E-state index in [2.05, 4.69) is 33.2 Å². The van der Waals surface area contributed by atoms with E-state index in [1.807, 2.05) is 18.2 Å². The number of methoxy groups -OCH3 is 1. The minimum atomic E-state index is -0.00393. The number of benzene rings is 1. The summed E-state index contributed by atoms with van der Waals surface area (Å²) >= 11 is 2.16. The minimum absolute atomic E-state index is 0.00393. The molecule has 1 aliphatic rings. The summed E-state index contributed by atoms with van der Waals surface area (Å²) in [6.45, 7) is 1.91. The van der Waals surface area contributed by atoms with Crippen LogP contribution in [0.4, 0.5) is 0 Å². The van der Waals surface area contributed by atoms with E-state index in [9.17, 15) is 4.79 Å². The maximum Gasteiger partial charge on any atom is 0.252 e. The lowest BCUT2D eigenvalue weighted by atomic mass is 10.1. The molecule has 1 aromatic carbocycles. The lowest BCUT2D eigenvalue weighted by Crippen LogP contribution is -2.45. The Hall–Kier alpha value is -0.820. The summed E-state index contributed by atoms with van der Waals surface area (Å²) in [6.07, 6.45) is 2.16. The van der Waals surface area contributed by atoms with E-state index < -0.39 is 0 Å². The number of piperidine rings is 1. The number of amides is 1. The zero-order valence-electron chi connectivity index (χ0n) is 10.3. The molecule has 2 N–H and O–H groups in total. The van der Waals surface area contributed by atoms with Crippen molar-refractivity contribution in [2.75, 3.05) is 20.2 Å². The predicted molar refractivity (Wildman–Crippen MR) is 79.1 cm³/mol. The fourth-order valence-corrected chi connectivity index (χ4v) is 2.78. The Labute approximate surface area is 121 Å². The minimum Gasteiger partial charge on any atom is -0.497 e. The van der Waals surface area contributed by atoms with Crippen LogP contribution in [-0.4, -0.2) is 32.1 Å². The van der Waals surface area contributed by atoms with Crippen LogP contribution in [0, 0.1) is 3.57 Å². The third-order valence-corrected chi connectivity index (χ3v) is 3.95. The van der Waals surface area contributed by atoms with E-state index in [0.717, 1.165) is 35.3 Å². The number of carbonyl (C=O) groups is 1. The Morgan fingerprint density at radius 3 is 3.00 bits per heavy atom. The van der Waals surface area contributed by atoms with Gasteiger partial charge in [0.1, 0.15) is 5.75 Å². The van der Waals surface area contributed by atoms with Crippen molar-refractivity contribution in [2.24, 2.45) is 0 Å². The maximum atomic E-state index is 12.1. The first-order valence-electron chi connectivity index (χ1n) is 6.06. The molecule has 2 rings (SSSR count). The van der Waals surface area contributed by atoms with Crippen molar-refractivity contribution in [1.29, 1.82) is 0 Å². The molecule has 1 aliphatic heterocycles. The average molecular weight is 360 g/mol. The molecular weight excluding hydrogens is 343 g/mol. The van der Waals surface area contributed by atoms with Crippen LogP contribution in [0.2, 0.25) is 0 Å². The number of nitrogens with one attached hydrogen (secondary N) is 2. The molecule has 1 unspecified atom stereocenters. The topological polar surface area (TPSA) is 50.4 Å². The van der Waals surface area contributed by atoms with E-state index >= 15 is 0 Å². The highest BCUT2D eigenvalue weighted by Gasteiger charge is 2.17. The van der Waals surface area contributed by atoms with Crippen molar-refractivity contribution in [2.45, 2.75) is 18.9 Å². The van der Waals surface area contributed by atoms with Crippen molar-refractivity contribution in [3.63, 3.8) is 0 Å². The molecule has 1 saturated heterocycles. The van der Waals surface area contributed by atoms with Gasteiger partial charge < -0.3 is 15.4 Å². The van der Waals surface area contributed by atoms with Crippen molar-refractivity contribution in [3.05, 3.63) is 27.3 Å². The van der Waals surface area contributed by atoms with Crippen LogP contribution < -0.4 is 15.4 Å².